The number of rotatable bonds is 3. The zero-order chi connectivity index (χ0) is 16.6. The zero-order valence-corrected chi connectivity index (χ0v) is 13.6. The molecule has 0 aliphatic carbocycles. The van der Waals surface area contributed by atoms with Crippen molar-refractivity contribution in [2.75, 3.05) is 6.61 Å². The van der Waals surface area contributed by atoms with E-state index in [-0.39, 0.29) is 17.9 Å². The maximum Gasteiger partial charge on any atom is 0.342 e. The fraction of sp³-hybridized carbons (Fsp3) is 0.118. The highest BCUT2D eigenvalue weighted by atomic mass is 35.5. The molecule has 0 radical (unpaired) electrons. The maximum absolute atomic E-state index is 12.4. The van der Waals surface area contributed by atoms with E-state index in [4.69, 9.17) is 32.4 Å². The summed E-state index contributed by atoms with van der Waals surface area (Å²) < 4.78 is 10.9. The summed E-state index contributed by atoms with van der Waals surface area (Å²) in [5, 5.41) is 10.9. The van der Waals surface area contributed by atoms with Crippen LogP contribution < -0.4 is 0 Å². The molecule has 118 valence electrons. The number of phenols is 1. The molecule has 6 heteroatoms. The Morgan fingerprint density at radius 1 is 1.17 bits per heavy atom. The van der Waals surface area contributed by atoms with Crippen LogP contribution in [0.15, 0.2) is 40.8 Å². The average molecular weight is 351 g/mol. The number of fused-ring (bicyclic) bond motifs is 1. The Hall–Kier alpha value is -2.17. The van der Waals surface area contributed by atoms with Crippen LogP contribution in [0.4, 0.5) is 0 Å². The van der Waals surface area contributed by atoms with Crippen molar-refractivity contribution in [2.24, 2.45) is 0 Å². The van der Waals surface area contributed by atoms with E-state index >= 15 is 0 Å². The molecule has 1 aromatic heterocycles. The molecule has 0 bridgehead atoms. The zero-order valence-electron chi connectivity index (χ0n) is 12.1. The first-order valence-corrected chi connectivity index (χ1v) is 7.65. The number of halogens is 2. The minimum atomic E-state index is -0.530. The number of ether oxygens (including phenoxy) is 1. The topological polar surface area (TPSA) is 59.7 Å². The van der Waals surface area contributed by atoms with Gasteiger partial charge in [-0.05, 0) is 43.3 Å². The van der Waals surface area contributed by atoms with Crippen molar-refractivity contribution in [1.29, 1.82) is 0 Å². The van der Waals surface area contributed by atoms with Crippen LogP contribution in [0.25, 0.3) is 22.3 Å². The summed E-state index contributed by atoms with van der Waals surface area (Å²) in [7, 11) is 0. The Morgan fingerprint density at radius 2 is 1.96 bits per heavy atom. The van der Waals surface area contributed by atoms with Gasteiger partial charge in [0.2, 0.25) is 0 Å². The molecule has 3 aromatic rings. The summed E-state index contributed by atoms with van der Waals surface area (Å²) in [6.07, 6.45) is 0. The molecule has 0 saturated carbocycles. The summed E-state index contributed by atoms with van der Waals surface area (Å²) >= 11 is 12.0. The fourth-order valence-corrected chi connectivity index (χ4v) is 2.63. The molecule has 23 heavy (non-hydrogen) atoms. The summed E-state index contributed by atoms with van der Waals surface area (Å²) in [6.45, 7) is 1.95. The number of furan rings is 1. The van der Waals surface area contributed by atoms with Gasteiger partial charge in [-0.25, -0.2) is 4.79 Å². The number of carbonyl (C=O) groups is 1. The van der Waals surface area contributed by atoms with E-state index < -0.39 is 5.97 Å². The van der Waals surface area contributed by atoms with Gasteiger partial charge in [0.1, 0.15) is 22.7 Å². The van der Waals surface area contributed by atoms with Gasteiger partial charge < -0.3 is 14.3 Å². The molecule has 4 nitrogen and oxygen atoms in total. The Kier molecular flexibility index (Phi) is 4.20. The van der Waals surface area contributed by atoms with Gasteiger partial charge in [0, 0.05) is 10.9 Å². The Labute approximate surface area is 142 Å². The third-order valence-electron chi connectivity index (χ3n) is 3.33. The van der Waals surface area contributed by atoms with E-state index in [9.17, 15) is 9.90 Å². The van der Waals surface area contributed by atoms with E-state index in [1.165, 1.54) is 12.1 Å². The molecule has 0 spiro atoms. The summed E-state index contributed by atoms with van der Waals surface area (Å²) in [5.41, 5.74) is 1.31. The lowest BCUT2D eigenvalue weighted by Gasteiger charge is -2.04. The minimum absolute atomic E-state index is 0.0320. The second-order valence-electron chi connectivity index (χ2n) is 4.84. The van der Waals surface area contributed by atoms with Crippen molar-refractivity contribution in [3.63, 3.8) is 0 Å². The molecule has 0 aliphatic rings. The van der Waals surface area contributed by atoms with Crippen LogP contribution >= 0.6 is 23.2 Å². The van der Waals surface area contributed by atoms with Crippen molar-refractivity contribution >= 4 is 40.1 Å². The third kappa shape index (κ3) is 2.87. The minimum Gasteiger partial charge on any atom is -0.508 e. The van der Waals surface area contributed by atoms with Gasteiger partial charge in [0.05, 0.1) is 16.7 Å². The number of esters is 1. The maximum atomic E-state index is 12.4. The van der Waals surface area contributed by atoms with E-state index in [1.807, 2.05) is 0 Å². The highest BCUT2D eigenvalue weighted by Gasteiger charge is 2.24. The van der Waals surface area contributed by atoms with Crippen molar-refractivity contribution < 1.29 is 19.1 Å². The van der Waals surface area contributed by atoms with E-state index in [2.05, 4.69) is 0 Å². The fourth-order valence-electron chi connectivity index (χ4n) is 2.33. The van der Waals surface area contributed by atoms with Crippen LogP contribution in [0.2, 0.25) is 10.0 Å². The highest BCUT2D eigenvalue weighted by Crippen LogP contribution is 2.37. The highest BCUT2D eigenvalue weighted by molar-refractivity contribution is 6.42. The molecule has 0 unspecified atom stereocenters. The molecule has 3 rings (SSSR count). The van der Waals surface area contributed by atoms with Crippen LogP contribution in [0.3, 0.4) is 0 Å². The largest absolute Gasteiger partial charge is 0.508 e. The number of aromatic hydroxyl groups is 1. The van der Waals surface area contributed by atoms with E-state index in [0.29, 0.717) is 32.3 Å². The molecule has 0 amide bonds. The number of carbonyl (C=O) groups excluding carboxylic acids is 1. The molecule has 1 heterocycles. The first-order chi connectivity index (χ1) is 11.0. The molecule has 0 saturated heterocycles. The molecular weight excluding hydrogens is 339 g/mol. The van der Waals surface area contributed by atoms with Crippen LogP contribution in [0.1, 0.15) is 17.3 Å². The monoisotopic (exact) mass is 350 g/mol. The predicted octanol–water partition coefficient (Wildman–Crippen LogP) is 5.29. The quantitative estimate of drug-likeness (QED) is 0.652. The van der Waals surface area contributed by atoms with Crippen LogP contribution in [0, 0.1) is 0 Å². The summed E-state index contributed by atoms with van der Waals surface area (Å²) in [6, 6.07) is 9.48. The Morgan fingerprint density at radius 3 is 2.65 bits per heavy atom. The molecule has 1 N–H and O–H groups in total. The van der Waals surface area contributed by atoms with Crippen LogP contribution in [0.5, 0.6) is 5.75 Å². The second kappa shape index (κ2) is 6.14. The van der Waals surface area contributed by atoms with Gasteiger partial charge in [0.15, 0.2) is 0 Å². The molecule has 0 fully saturated rings. The van der Waals surface area contributed by atoms with Crippen molar-refractivity contribution in [3.05, 3.63) is 52.0 Å². The van der Waals surface area contributed by atoms with Gasteiger partial charge in [-0.15, -0.1) is 0 Å². The number of hydrogen-bond acceptors (Lipinski definition) is 4. The first-order valence-electron chi connectivity index (χ1n) is 6.89. The average Bonchev–Trinajstić information content (AvgIpc) is 2.88. The Bertz CT molecular complexity index is 899. The van der Waals surface area contributed by atoms with Gasteiger partial charge in [-0.1, -0.05) is 23.2 Å². The normalized spacial score (nSPS) is 10.9. The lowest BCUT2D eigenvalue weighted by atomic mass is 10.1. The van der Waals surface area contributed by atoms with Crippen LogP contribution in [-0.4, -0.2) is 17.7 Å². The molecular formula is C17H12Cl2O4. The van der Waals surface area contributed by atoms with Gasteiger partial charge in [-0.2, -0.15) is 0 Å². The van der Waals surface area contributed by atoms with E-state index in [0.717, 1.165) is 0 Å². The van der Waals surface area contributed by atoms with E-state index in [1.54, 1.807) is 31.2 Å². The molecule has 0 atom stereocenters. The second-order valence-corrected chi connectivity index (χ2v) is 5.65. The number of hydrogen-bond donors (Lipinski definition) is 1. The van der Waals surface area contributed by atoms with Gasteiger partial charge in [-0.3, -0.25) is 0 Å². The van der Waals surface area contributed by atoms with Crippen molar-refractivity contribution in [1.82, 2.24) is 0 Å². The SMILES string of the molecule is CCOC(=O)c1c(-c2ccc(Cl)c(Cl)c2)oc2ccc(O)cc12. The third-order valence-corrected chi connectivity index (χ3v) is 4.07. The number of phenolic OH excluding ortho intramolecular Hbond substituents is 1. The predicted molar refractivity (Wildman–Crippen MR) is 89.3 cm³/mol. The number of benzene rings is 2. The smallest absolute Gasteiger partial charge is 0.342 e. The van der Waals surface area contributed by atoms with Gasteiger partial charge >= 0.3 is 5.97 Å². The summed E-state index contributed by atoms with van der Waals surface area (Å²) in [4.78, 5) is 12.4. The molecule has 0 aliphatic heterocycles. The van der Waals surface area contributed by atoms with Crippen molar-refractivity contribution in [2.45, 2.75) is 6.92 Å². The first kappa shape index (κ1) is 15.7. The Balaban J connectivity index is 2.28. The lowest BCUT2D eigenvalue weighted by Crippen LogP contribution is -2.05. The van der Waals surface area contributed by atoms with Gasteiger partial charge in [0.25, 0.3) is 0 Å². The summed E-state index contributed by atoms with van der Waals surface area (Å²) in [5.74, 6) is -0.176. The lowest BCUT2D eigenvalue weighted by molar-refractivity contribution is 0.0529. The standard InChI is InChI=1S/C17H12Cl2O4/c1-2-22-17(21)15-11-8-10(20)4-6-14(11)23-16(15)9-3-5-12(18)13(19)7-9/h3-8,20H,2H2,1H3. The van der Waals surface area contributed by atoms with Crippen LogP contribution in [-0.2, 0) is 4.74 Å². The van der Waals surface area contributed by atoms with Crippen molar-refractivity contribution in [3.8, 4) is 17.1 Å². The molecule has 2 aromatic carbocycles.